The molecule has 0 atom stereocenters. The molecule has 40 heavy (non-hydrogen) atoms. The quantitative estimate of drug-likeness (QED) is 0.209. The second kappa shape index (κ2) is 9.22. The molecule has 0 unspecified atom stereocenters. The Labute approximate surface area is 233 Å². The van der Waals surface area contributed by atoms with Crippen LogP contribution in [0.5, 0.6) is 0 Å². The molecular weight excluding hydrogens is 480 g/mol. The lowest BCUT2D eigenvalue weighted by molar-refractivity contribution is 1.63. The van der Waals surface area contributed by atoms with Gasteiger partial charge in [-0.05, 0) is 82.5 Å². The summed E-state index contributed by atoms with van der Waals surface area (Å²) in [6.07, 6.45) is 0. The van der Waals surface area contributed by atoms with Crippen LogP contribution in [0.4, 0.5) is 0 Å². The number of hydrogen-bond donors (Lipinski definition) is 0. The maximum Gasteiger partial charge on any atom is -0.00928 e. The predicted molar refractivity (Wildman–Crippen MR) is 173 cm³/mol. The number of fused-ring (bicyclic) bond motifs is 5. The van der Waals surface area contributed by atoms with Crippen LogP contribution in [-0.4, -0.2) is 0 Å². The van der Waals surface area contributed by atoms with Crippen LogP contribution in [0, 0.1) is 0 Å². The van der Waals surface area contributed by atoms with E-state index >= 15 is 0 Å². The topological polar surface area (TPSA) is 0 Å². The Morgan fingerprint density at radius 2 is 0.600 bits per heavy atom. The third-order valence-electron chi connectivity index (χ3n) is 8.28. The fourth-order valence-corrected chi connectivity index (χ4v) is 6.45. The Morgan fingerprint density at radius 3 is 1.18 bits per heavy atom. The summed E-state index contributed by atoms with van der Waals surface area (Å²) in [5.41, 5.74) is 7.59. The highest BCUT2D eigenvalue weighted by Crippen LogP contribution is 2.43. The molecular formula is C40H26. The van der Waals surface area contributed by atoms with Crippen LogP contribution in [0.2, 0.25) is 0 Å². The standard InChI is InChI=1S/C40H26/c1-2-12-27(13-3-1)30-22-23-37(33-18-8-6-17-32(30)33)38-24-25-39(35-20-10-9-19-34(35)38)40-26-28-14-4-5-15-29(28)31-16-7-11-21-36(31)40/h1-26H. The highest BCUT2D eigenvalue weighted by molar-refractivity contribution is 6.18. The first-order chi connectivity index (χ1) is 19.9. The molecule has 0 saturated heterocycles. The summed E-state index contributed by atoms with van der Waals surface area (Å²) < 4.78 is 0. The predicted octanol–water partition coefficient (Wildman–Crippen LogP) is 11.3. The molecule has 0 nitrogen and oxygen atoms in total. The number of rotatable bonds is 3. The summed E-state index contributed by atoms with van der Waals surface area (Å²) in [4.78, 5) is 0. The van der Waals surface area contributed by atoms with E-state index in [9.17, 15) is 0 Å². The van der Waals surface area contributed by atoms with Crippen molar-refractivity contribution in [3.63, 3.8) is 0 Å². The molecule has 0 radical (unpaired) electrons. The summed E-state index contributed by atoms with van der Waals surface area (Å²) in [6, 6.07) is 57.5. The summed E-state index contributed by atoms with van der Waals surface area (Å²) in [7, 11) is 0. The summed E-state index contributed by atoms with van der Waals surface area (Å²) in [6.45, 7) is 0. The van der Waals surface area contributed by atoms with E-state index in [1.165, 1.54) is 76.5 Å². The van der Waals surface area contributed by atoms with Crippen LogP contribution in [0.25, 0.3) is 76.5 Å². The lowest BCUT2D eigenvalue weighted by atomic mass is 9.86. The van der Waals surface area contributed by atoms with E-state index < -0.39 is 0 Å². The number of benzene rings is 8. The van der Waals surface area contributed by atoms with Crippen molar-refractivity contribution < 1.29 is 0 Å². The molecule has 0 N–H and O–H groups in total. The van der Waals surface area contributed by atoms with E-state index in [1.54, 1.807) is 0 Å². The molecule has 8 rings (SSSR count). The van der Waals surface area contributed by atoms with Gasteiger partial charge in [-0.3, -0.25) is 0 Å². The zero-order valence-corrected chi connectivity index (χ0v) is 22.0. The third-order valence-corrected chi connectivity index (χ3v) is 8.28. The SMILES string of the molecule is c1ccc(-c2ccc(-c3ccc(-c4cc5ccccc5c5ccccc45)c4ccccc34)c3ccccc23)cc1. The van der Waals surface area contributed by atoms with Gasteiger partial charge < -0.3 is 0 Å². The van der Waals surface area contributed by atoms with Gasteiger partial charge in [-0.15, -0.1) is 0 Å². The van der Waals surface area contributed by atoms with E-state index in [4.69, 9.17) is 0 Å². The minimum atomic E-state index is 1.24. The van der Waals surface area contributed by atoms with Crippen LogP contribution < -0.4 is 0 Å². The maximum atomic E-state index is 2.36. The average Bonchev–Trinajstić information content (AvgIpc) is 3.04. The zero-order chi connectivity index (χ0) is 26.5. The zero-order valence-electron chi connectivity index (χ0n) is 22.0. The lowest BCUT2D eigenvalue weighted by Gasteiger charge is -2.17. The highest BCUT2D eigenvalue weighted by atomic mass is 14.2. The molecule has 0 saturated carbocycles. The fourth-order valence-electron chi connectivity index (χ4n) is 6.45. The molecule has 8 aromatic carbocycles. The molecule has 186 valence electrons. The summed E-state index contributed by atoms with van der Waals surface area (Å²) in [5.74, 6) is 0. The van der Waals surface area contributed by atoms with Gasteiger partial charge in [-0.2, -0.15) is 0 Å². The van der Waals surface area contributed by atoms with Crippen LogP contribution in [0.3, 0.4) is 0 Å². The van der Waals surface area contributed by atoms with E-state index in [2.05, 4.69) is 158 Å². The Bertz CT molecular complexity index is 2200. The van der Waals surface area contributed by atoms with Gasteiger partial charge in [-0.25, -0.2) is 0 Å². The minimum absolute atomic E-state index is 1.24. The lowest BCUT2D eigenvalue weighted by Crippen LogP contribution is -1.90. The molecule has 0 bridgehead atoms. The van der Waals surface area contributed by atoms with Crippen molar-refractivity contribution in [3.05, 3.63) is 158 Å². The van der Waals surface area contributed by atoms with Gasteiger partial charge in [0.1, 0.15) is 0 Å². The van der Waals surface area contributed by atoms with Crippen molar-refractivity contribution in [1.82, 2.24) is 0 Å². The monoisotopic (exact) mass is 506 g/mol. The van der Waals surface area contributed by atoms with Gasteiger partial charge in [-0.1, -0.05) is 152 Å². The Balaban J connectivity index is 1.40. The van der Waals surface area contributed by atoms with Crippen molar-refractivity contribution in [2.45, 2.75) is 0 Å². The Hall–Kier alpha value is -5.20. The van der Waals surface area contributed by atoms with Crippen molar-refractivity contribution in [3.8, 4) is 33.4 Å². The summed E-state index contributed by atoms with van der Waals surface area (Å²) >= 11 is 0. The van der Waals surface area contributed by atoms with Crippen LogP contribution in [0.1, 0.15) is 0 Å². The molecule has 0 aliphatic rings. The normalized spacial score (nSPS) is 11.5. The Morgan fingerprint density at radius 1 is 0.225 bits per heavy atom. The largest absolute Gasteiger partial charge is 0.0622 e. The van der Waals surface area contributed by atoms with E-state index in [0.717, 1.165) is 0 Å². The smallest absolute Gasteiger partial charge is 0.00928 e. The molecule has 0 heteroatoms. The fraction of sp³-hybridized carbons (Fsp3) is 0. The molecule has 8 aromatic rings. The van der Waals surface area contributed by atoms with Crippen molar-refractivity contribution in [2.24, 2.45) is 0 Å². The van der Waals surface area contributed by atoms with Crippen LogP contribution >= 0.6 is 0 Å². The molecule has 0 spiro atoms. The van der Waals surface area contributed by atoms with Crippen LogP contribution in [0.15, 0.2) is 158 Å². The van der Waals surface area contributed by atoms with E-state index in [1.807, 2.05) is 0 Å². The number of hydrogen-bond acceptors (Lipinski definition) is 0. The van der Waals surface area contributed by atoms with Gasteiger partial charge in [0.2, 0.25) is 0 Å². The van der Waals surface area contributed by atoms with Crippen molar-refractivity contribution >= 4 is 43.1 Å². The van der Waals surface area contributed by atoms with Gasteiger partial charge in [0.15, 0.2) is 0 Å². The molecule has 0 amide bonds. The second-order valence-electron chi connectivity index (χ2n) is 10.5. The van der Waals surface area contributed by atoms with Gasteiger partial charge in [0.25, 0.3) is 0 Å². The van der Waals surface area contributed by atoms with Crippen molar-refractivity contribution in [1.29, 1.82) is 0 Å². The Kier molecular flexibility index (Phi) is 5.24. The third kappa shape index (κ3) is 3.54. The average molecular weight is 507 g/mol. The first-order valence-corrected chi connectivity index (χ1v) is 13.9. The minimum Gasteiger partial charge on any atom is -0.0622 e. The molecule has 0 aliphatic heterocycles. The molecule has 0 aliphatic carbocycles. The summed E-state index contributed by atoms with van der Waals surface area (Å²) in [5, 5.41) is 10.3. The van der Waals surface area contributed by atoms with Crippen LogP contribution in [-0.2, 0) is 0 Å². The maximum absolute atomic E-state index is 2.36. The molecule has 0 fully saturated rings. The first-order valence-electron chi connectivity index (χ1n) is 13.9. The van der Waals surface area contributed by atoms with Gasteiger partial charge in [0.05, 0.1) is 0 Å². The first kappa shape index (κ1) is 22.8. The van der Waals surface area contributed by atoms with Crippen molar-refractivity contribution in [2.75, 3.05) is 0 Å². The van der Waals surface area contributed by atoms with Gasteiger partial charge >= 0.3 is 0 Å². The molecule has 0 aromatic heterocycles. The van der Waals surface area contributed by atoms with Gasteiger partial charge in [0, 0.05) is 0 Å². The second-order valence-corrected chi connectivity index (χ2v) is 10.5. The molecule has 0 heterocycles. The van der Waals surface area contributed by atoms with E-state index in [-0.39, 0.29) is 0 Å². The van der Waals surface area contributed by atoms with E-state index in [0.29, 0.717) is 0 Å². The highest BCUT2D eigenvalue weighted by Gasteiger charge is 2.15.